The number of ether oxygens (including phenoxy) is 2. The zero-order valence-electron chi connectivity index (χ0n) is 14.2. The van der Waals surface area contributed by atoms with Crippen LogP contribution < -0.4 is 4.74 Å². The van der Waals surface area contributed by atoms with E-state index in [-0.39, 0.29) is 35.2 Å². The van der Waals surface area contributed by atoms with E-state index in [1.54, 1.807) is 0 Å². The van der Waals surface area contributed by atoms with Gasteiger partial charge in [-0.15, -0.1) is 0 Å². The van der Waals surface area contributed by atoms with Crippen LogP contribution in [-0.4, -0.2) is 51.6 Å². The molecule has 1 aliphatic rings. The van der Waals surface area contributed by atoms with E-state index in [1.807, 2.05) is 0 Å². The fraction of sp³-hybridized carbons (Fsp3) is 0.278. The van der Waals surface area contributed by atoms with Gasteiger partial charge in [0.25, 0.3) is 0 Å². The van der Waals surface area contributed by atoms with Gasteiger partial charge >= 0.3 is 6.09 Å². The van der Waals surface area contributed by atoms with Crippen LogP contribution in [0.1, 0.15) is 17.2 Å². The number of nitrogens with zero attached hydrogens (tertiary/aromatic N) is 1. The highest BCUT2D eigenvalue weighted by Crippen LogP contribution is 2.43. The van der Waals surface area contributed by atoms with Crippen molar-refractivity contribution in [3.63, 3.8) is 0 Å². The zero-order chi connectivity index (χ0) is 19.0. The maximum Gasteiger partial charge on any atom is 0.409 e. The molecular weight excluding hydrogens is 342 g/mol. The topological polar surface area (TPSA) is 120 Å². The Morgan fingerprint density at radius 3 is 2.46 bits per heavy atom. The van der Waals surface area contributed by atoms with Gasteiger partial charge in [-0.2, -0.15) is 0 Å². The van der Waals surface area contributed by atoms with Crippen LogP contribution in [-0.2, 0) is 11.2 Å². The highest BCUT2D eigenvalue weighted by Gasteiger charge is 2.36. The molecular formula is C18H19NO7. The predicted octanol–water partition coefficient (Wildman–Crippen LogP) is 2.25. The first-order valence-corrected chi connectivity index (χ1v) is 7.87. The van der Waals surface area contributed by atoms with Crippen LogP contribution in [0.15, 0.2) is 30.3 Å². The lowest BCUT2D eigenvalue weighted by Crippen LogP contribution is -2.37. The molecule has 0 unspecified atom stereocenters. The van der Waals surface area contributed by atoms with Crippen molar-refractivity contribution in [1.29, 1.82) is 0 Å². The average Bonchev–Trinajstić information content (AvgIpc) is 2.57. The molecule has 1 aliphatic heterocycles. The van der Waals surface area contributed by atoms with Crippen LogP contribution in [0.2, 0.25) is 0 Å². The second-order valence-electron chi connectivity index (χ2n) is 6.25. The van der Waals surface area contributed by atoms with Crippen molar-refractivity contribution in [2.45, 2.75) is 18.6 Å². The lowest BCUT2D eigenvalue weighted by Gasteiger charge is -2.34. The number of hydrogen-bond acceptors (Lipinski definition) is 7. The molecule has 8 heteroatoms. The smallest absolute Gasteiger partial charge is 0.409 e. The summed E-state index contributed by atoms with van der Waals surface area (Å²) in [6.07, 6.45) is -2.04. The molecule has 2 aromatic carbocycles. The Balaban J connectivity index is 2.02. The molecule has 0 bridgehead atoms. The summed E-state index contributed by atoms with van der Waals surface area (Å²) in [5, 5.41) is 39.0. The van der Waals surface area contributed by atoms with Gasteiger partial charge in [-0.05, 0) is 12.1 Å². The van der Waals surface area contributed by atoms with Crippen LogP contribution in [0.3, 0.4) is 0 Å². The van der Waals surface area contributed by atoms with E-state index >= 15 is 0 Å². The van der Waals surface area contributed by atoms with E-state index in [0.29, 0.717) is 11.1 Å². The van der Waals surface area contributed by atoms with Crippen molar-refractivity contribution in [2.75, 3.05) is 14.1 Å². The summed E-state index contributed by atoms with van der Waals surface area (Å²) in [4.78, 5) is 13.3. The van der Waals surface area contributed by atoms with Crippen molar-refractivity contribution in [2.24, 2.45) is 0 Å². The molecule has 0 saturated carbocycles. The second-order valence-corrected chi connectivity index (χ2v) is 6.25. The molecule has 0 aromatic heterocycles. The number of benzene rings is 2. The maximum atomic E-state index is 12.0. The summed E-state index contributed by atoms with van der Waals surface area (Å²) < 4.78 is 11.3. The number of hydrogen-bond donors (Lipinski definition) is 4. The Morgan fingerprint density at radius 1 is 1.08 bits per heavy atom. The summed E-state index contributed by atoms with van der Waals surface area (Å²) in [6.45, 7) is 0. The third-order valence-corrected chi connectivity index (χ3v) is 4.11. The van der Waals surface area contributed by atoms with Crippen molar-refractivity contribution in [3.8, 4) is 28.7 Å². The monoisotopic (exact) mass is 361 g/mol. The molecule has 4 N–H and O–H groups in total. The maximum absolute atomic E-state index is 12.0. The van der Waals surface area contributed by atoms with Crippen molar-refractivity contribution in [3.05, 3.63) is 41.5 Å². The minimum Gasteiger partial charge on any atom is -0.508 e. The van der Waals surface area contributed by atoms with E-state index < -0.39 is 18.3 Å². The zero-order valence-corrected chi connectivity index (χ0v) is 14.2. The van der Waals surface area contributed by atoms with Crippen molar-refractivity contribution < 1.29 is 34.7 Å². The molecule has 0 fully saturated rings. The number of rotatable bonds is 2. The molecule has 0 spiro atoms. The lowest BCUT2D eigenvalue weighted by atomic mass is 9.93. The minimum atomic E-state index is -0.806. The van der Waals surface area contributed by atoms with Crippen LogP contribution in [0.4, 0.5) is 4.79 Å². The van der Waals surface area contributed by atoms with Crippen molar-refractivity contribution in [1.82, 2.24) is 4.90 Å². The first-order valence-electron chi connectivity index (χ1n) is 7.87. The molecule has 0 radical (unpaired) electrons. The first-order chi connectivity index (χ1) is 12.3. The molecule has 2 aromatic rings. The van der Waals surface area contributed by atoms with Gasteiger partial charge in [-0.25, -0.2) is 4.79 Å². The number of carbonyl (C=O) groups excluding carboxylic acids is 1. The molecule has 138 valence electrons. The summed E-state index contributed by atoms with van der Waals surface area (Å²) in [6, 6.07) is 6.67. The third-order valence-electron chi connectivity index (χ3n) is 4.11. The Kier molecular flexibility index (Phi) is 4.41. The van der Waals surface area contributed by atoms with E-state index in [0.717, 1.165) is 0 Å². The van der Waals surface area contributed by atoms with E-state index in [9.17, 15) is 25.2 Å². The van der Waals surface area contributed by atoms with Gasteiger partial charge in [-0.3, -0.25) is 0 Å². The normalized spacial score (nSPS) is 18.5. The fourth-order valence-corrected chi connectivity index (χ4v) is 2.79. The largest absolute Gasteiger partial charge is 0.508 e. The molecule has 1 heterocycles. The highest BCUT2D eigenvalue weighted by atomic mass is 16.6. The summed E-state index contributed by atoms with van der Waals surface area (Å²) in [5.74, 6) is -0.720. The fourth-order valence-electron chi connectivity index (χ4n) is 2.79. The van der Waals surface area contributed by atoms with Gasteiger partial charge in [0.2, 0.25) is 0 Å². The quantitative estimate of drug-likeness (QED) is 0.606. The molecule has 0 aliphatic carbocycles. The lowest BCUT2D eigenvalue weighted by molar-refractivity contribution is -0.00761. The van der Waals surface area contributed by atoms with Gasteiger partial charge in [0.05, 0.1) is 0 Å². The molecule has 26 heavy (non-hydrogen) atoms. The van der Waals surface area contributed by atoms with Crippen LogP contribution in [0, 0.1) is 0 Å². The highest BCUT2D eigenvalue weighted by molar-refractivity contribution is 5.67. The third kappa shape index (κ3) is 3.26. The van der Waals surface area contributed by atoms with Gasteiger partial charge in [0.1, 0.15) is 23.4 Å². The summed E-state index contributed by atoms with van der Waals surface area (Å²) in [7, 11) is 3.08. The molecule has 8 nitrogen and oxygen atoms in total. The number of phenols is 4. The summed E-state index contributed by atoms with van der Waals surface area (Å²) in [5.41, 5.74) is 0.865. The van der Waals surface area contributed by atoms with E-state index in [4.69, 9.17) is 9.47 Å². The van der Waals surface area contributed by atoms with Crippen molar-refractivity contribution >= 4 is 6.09 Å². The molecule has 1 amide bonds. The van der Waals surface area contributed by atoms with E-state index in [1.165, 1.54) is 49.3 Å². The Morgan fingerprint density at radius 2 is 1.81 bits per heavy atom. The Labute approximate surface area is 149 Å². The van der Waals surface area contributed by atoms with E-state index in [2.05, 4.69) is 0 Å². The van der Waals surface area contributed by atoms with Crippen LogP contribution in [0.25, 0.3) is 0 Å². The number of phenolic OH excluding ortho intramolecular Hbond substituents is 4. The number of carbonyl (C=O) groups is 1. The predicted molar refractivity (Wildman–Crippen MR) is 90.6 cm³/mol. The standard InChI is InChI=1S/C18H19NO7/c1-19(2)18(24)26-16-8-11-13(22)6-10(20)7-15(11)25-17(16)9-3-4-12(21)14(23)5-9/h3-7,16-17,20-23H,8H2,1-2H3/t16-,17-/m1/s1. The van der Waals surface area contributed by atoms with Gasteiger partial charge in [-0.1, -0.05) is 6.07 Å². The average molecular weight is 361 g/mol. The number of amides is 1. The van der Waals surface area contributed by atoms with Gasteiger partial charge in [0.15, 0.2) is 17.6 Å². The summed E-state index contributed by atoms with van der Waals surface area (Å²) >= 11 is 0. The number of aromatic hydroxyl groups is 4. The first kappa shape index (κ1) is 17.5. The minimum absolute atomic E-state index is 0.146. The molecule has 2 atom stereocenters. The Bertz CT molecular complexity index is 850. The molecule has 3 rings (SSSR count). The second kappa shape index (κ2) is 6.55. The SMILES string of the molecule is CN(C)C(=O)O[C@@H]1Cc2c(O)cc(O)cc2O[C@@H]1c1ccc(O)c(O)c1. The Hall–Kier alpha value is -3.29. The number of fused-ring (bicyclic) bond motifs is 1. The van der Waals surface area contributed by atoms with Gasteiger partial charge in [0, 0.05) is 43.8 Å². The van der Waals surface area contributed by atoms with Gasteiger partial charge < -0.3 is 34.8 Å². The van der Waals surface area contributed by atoms with Crippen LogP contribution >= 0.6 is 0 Å². The van der Waals surface area contributed by atoms with Crippen LogP contribution in [0.5, 0.6) is 28.7 Å². The molecule has 0 saturated heterocycles.